The second-order valence-corrected chi connectivity index (χ2v) is 9.33. The van der Waals surface area contributed by atoms with Crippen molar-refractivity contribution in [3.05, 3.63) is 88.2 Å². The third-order valence-electron chi connectivity index (χ3n) is 4.45. The molecule has 0 radical (unpaired) electrons. The summed E-state index contributed by atoms with van der Waals surface area (Å²) in [5, 5.41) is 11.3. The van der Waals surface area contributed by atoms with Gasteiger partial charge in [-0.15, -0.1) is 0 Å². The van der Waals surface area contributed by atoms with Gasteiger partial charge in [0.15, 0.2) is 5.16 Å². The predicted molar refractivity (Wildman–Crippen MR) is 133 cm³/mol. The number of alkyl halides is 1. The van der Waals surface area contributed by atoms with E-state index in [2.05, 4.69) is 39.1 Å². The average molecular weight is 553 g/mol. The topological polar surface area (TPSA) is 55.1 Å². The molecule has 1 unspecified atom stereocenters. The molecule has 4 nitrogen and oxygen atoms in total. The van der Waals surface area contributed by atoms with Crippen LogP contribution in [-0.4, -0.2) is 26.4 Å². The van der Waals surface area contributed by atoms with Crippen LogP contribution in [0, 0.1) is 0 Å². The smallest absolute Gasteiger partial charge is 0.331 e. The summed E-state index contributed by atoms with van der Waals surface area (Å²) in [6, 6.07) is 17.3. The number of benzene rings is 2. The van der Waals surface area contributed by atoms with Gasteiger partial charge in [0.05, 0.1) is 11.9 Å². The lowest BCUT2D eigenvalue weighted by atomic mass is 10.0. The maximum Gasteiger partial charge on any atom is 0.331 e. The molecule has 3 rings (SSSR count). The highest BCUT2D eigenvalue weighted by atomic mass is 127. The van der Waals surface area contributed by atoms with Crippen molar-refractivity contribution in [1.82, 2.24) is 9.55 Å². The Bertz CT molecular complexity index is 1040. The Hall–Kier alpha value is -1.77. The molecule has 0 spiro atoms. The molecular weight excluding hydrogens is 531 g/mol. The Morgan fingerprint density at radius 1 is 1.23 bits per heavy atom. The Morgan fingerprint density at radius 3 is 2.60 bits per heavy atom. The molecule has 0 bridgehead atoms. The molecule has 30 heavy (non-hydrogen) atoms. The molecule has 0 aliphatic rings. The van der Waals surface area contributed by atoms with Gasteiger partial charge in [-0.2, -0.15) is 0 Å². The zero-order valence-electron chi connectivity index (χ0n) is 16.5. The van der Waals surface area contributed by atoms with Crippen molar-refractivity contribution in [3.8, 4) is 0 Å². The van der Waals surface area contributed by atoms with Crippen molar-refractivity contribution in [3.63, 3.8) is 0 Å². The van der Waals surface area contributed by atoms with Crippen LogP contribution >= 0.6 is 46.0 Å². The maximum absolute atomic E-state index is 12.0. The molecule has 0 saturated heterocycles. The van der Waals surface area contributed by atoms with E-state index in [0.717, 1.165) is 34.2 Å². The summed E-state index contributed by atoms with van der Waals surface area (Å²) >= 11 is 10.5. The number of aromatic nitrogens is 2. The van der Waals surface area contributed by atoms with Gasteiger partial charge in [-0.1, -0.05) is 101 Å². The lowest BCUT2D eigenvalue weighted by Crippen LogP contribution is -2.10. The SMILES string of the molecule is CCCSc1ncc(C=C(Cc2ccccc2)C(=O)O)n1C(I)c1ccccc1Cl. The fourth-order valence-corrected chi connectivity index (χ4v) is 5.59. The Balaban J connectivity index is 2.05. The van der Waals surface area contributed by atoms with Crippen LogP contribution in [0.2, 0.25) is 5.02 Å². The molecule has 0 fully saturated rings. The zero-order valence-corrected chi connectivity index (χ0v) is 20.2. The second kappa shape index (κ2) is 11.0. The molecule has 156 valence electrons. The van der Waals surface area contributed by atoms with Crippen LogP contribution in [-0.2, 0) is 11.2 Å². The number of rotatable bonds is 9. The molecule has 3 aromatic rings. The van der Waals surface area contributed by atoms with Crippen molar-refractivity contribution in [2.45, 2.75) is 29.0 Å². The molecule has 0 saturated carbocycles. The van der Waals surface area contributed by atoms with Crippen molar-refractivity contribution in [2.24, 2.45) is 0 Å². The lowest BCUT2D eigenvalue weighted by Gasteiger charge is -2.18. The number of carboxylic acid groups (broad SMARTS) is 1. The number of nitrogens with zero attached hydrogens (tertiary/aromatic N) is 2. The number of halogens is 2. The summed E-state index contributed by atoms with van der Waals surface area (Å²) in [4.78, 5) is 16.6. The number of carbonyl (C=O) groups is 1. The number of hydrogen-bond acceptors (Lipinski definition) is 3. The van der Waals surface area contributed by atoms with Gasteiger partial charge >= 0.3 is 5.97 Å². The van der Waals surface area contributed by atoms with Crippen LogP contribution in [0.1, 0.15) is 34.2 Å². The first-order valence-electron chi connectivity index (χ1n) is 9.57. The van der Waals surface area contributed by atoms with E-state index in [4.69, 9.17) is 11.6 Å². The molecule has 1 atom stereocenters. The van der Waals surface area contributed by atoms with Crippen LogP contribution in [0.4, 0.5) is 0 Å². The van der Waals surface area contributed by atoms with Gasteiger partial charge in [-0.05, 0) is 24.1 Å². The Morgan fingerprint density at radius 2 is 1.93 bits per heavy atom. The fraction of sp³-hybridized carbons (Fsp3) is 0.217. The highest BCUT2D eigenvalue weighted by Crippen LogP contribution is 2.36. The largest absolute Gasteiger partial charge is 0.478 e. The lowest BCUT2D eigenvalue weighted by molar-refractivity contribution is -0.132. The van der Waals surface area contributed by atoms with E-state index in [1.165, 1.54) is 0 Å². The number of carboxylic acids is 1. The predicted octanol–water partition coefficient (Wildman–Crippen LogP) is 6.73. The molecule has 1 N–H and O–H groups in total. The van der Waals surface area contributed by atoms with Crippen molar-refractivity contribution in [2.75, 3.05) is 5.75 Å². The van der Waals surface area contributed by atoms with Crippen LogP contribution in [0.5, 0.6) is 0 Å². The maximum atomic E-state index is 12.0. The third kappa shape index (κ3) is 5.68. The van der Waals surface area contributed by atoms with Crippen molar-refractivity contribution in [1.29, 1.82) is 0 Å². The summed E-state index contributed by atoms with van der Waals surface area (Å²) in [7, 11) is 0. The Labute approximate surface area is 199 Å². The number of hydrogen-bond donors (Lipinski definition) is 1. The fourth-order valence-electron chi connectivity index (χ4n) is 2.98. The Kier molecular flexibility index (Phi) is 8.41. The minimum atomic E-state index is -0.933. The van der Waals surface area contributed by atoms with Gasteiger partial charge in [-0.3, -0.25) is 0 Å². The summed E-state index contributed by atoms with van der Waals surface area (Å²) in [5.74, 6) is -0.000833. The number of thioether (sulfide) groups is 1. The van der Waals surface area contributed by atoms with Crippen LogP contribution in [0.3, 0.4) is 0 Å². The number of aliphatic carboxylic acids is 1. The van der Waals surface area contributed by atoms with Gasteiger partial charge in [0.2, 0.25) is 0 Å². The summed E-state index contributed by atoms with van der Waals surface area (Å²) in [6.07, 6.45) is 4.83. The van der Waals surface area contributed by atoms with E-state index in [-0.39, 0.29) is 4.05 Å². The first kappa shape index (κ1) is 22.9. The monoisotopic (exact) mass is 552 g/mol. The minimum Gasteiger partial charge on any atom is -0.478 e. The molecule has 1 aromatic heterocycles. The highest BCUT2D eigenvalue weighted by Gasteiger charge is 2.21. The number of imidazole rings is 1. The van der Waals surface area contributed by atoms with Crippen LogP contribution in [0.15, 0.2) is 71.5 Å². The molecular formula is C23H22ClIN2O2S. The molecule has 2 aromatic carbocycles. The molecule has 7 heteroatoms. The van der Waals surface area contributed by atoms with Gasteiger partial charge in [0, 0.05) is 28.3 Å². The molecule has 0 aliphatic carbocycles. The molecule has 0 amide bonds. The van der Waals surface area contributed by atoms with Crippen LogP contribution in [0.25, 0.3) is 6.08 Å². The average Bonchev–Trinajstić information content (AvgIpc) is 3.14. The highest BCUT2D eigenvalue weighted by molar-refractivity contribution is 14.1. The van der Waals surface area contributed by atoms with E-state index in [0.29, 0.717) is 17.0 Å². The van der Waals surface area contributed by atoms with Gasteiger partial charge < -0.3 is 9.67 Å². The van der Waals surface area contributed by atoms with E-state index in [1.54, 1.807) is 24.0 Å². The summed E-state index contributed by atoms with van der Waals surface area (Å²) in [6.45, 7) is 2.12. The molecule has 1 heterocycles. The zero-order chi connectivity index (χ0) is 21.5. The van der Waals surface area contributed by atoms with E-state index < -0.39 is 5.97 Å². The normalized spacial score (nSPS) is 12.7. The van der Waals surface area contributed by atoms with E-state index in [9.17, 15) is 9.90 Å². The van der Waals surface area contributed by atoms with Crippen molar-refractivity contribution < 1.29 is 9.90 Å². The van der Waals surface area contributed by atoms with E-state index >= 15 is 0 Å². The summed E-state index contributed by atoms with van der Waals surface area (Å²) in [5.41, 5.74) is 2.99. The van der Waals surface area contributed by atoms with Gasteiger partial charge in [0.1, 0.15) is 4.05 Å². The van der Waals surface area contributed by atoms with Crippen LogP contribution < -0.4 is 0 Å². The first-order chi connectivity index (χ1) is 14.5. The third-order valence-corrected chi connectivity index (χ3v) is 7.19. The van der Waals surface area contributed by atoms with Crippen molar-refractivity contribution >= 4 is 58.0 Å². The standard InChI is InChI=1S/C23H22ClIN2O2S/c1-2-12-30-23-26-15-18(27(23)21(25)19-10-6-7-11-20(19)24)14-17(22(28)29)13-16-8-4-3-5-9-16/h3-11,14-15,21H,2,12-13H2,1H3,(H,28,29). The summed E-state index contributed by atoms with van der Waals surface area (Å²) < 4.78 is 1.95. The quantitative estimate of drug-likeness (QED) is 0.138. The minimum absolute atomic E-state index is 0.115. The van der Waals surface area contributed by atoms with Gasteiger partial charge in [0.25, 0.3) is 0 Å². The molecule has 0 aliphatic heterocycles. The first-order valence-corrected chi connectivity index (χ1v) is 12.2. The van der Waals surface area contributed by atoms with Gasteiger partial charge in [-0.25, -0.2) is 9.78 Å². The van der Waals surface area contributed by atoms with E-state index in [1.807, 2.05) is 54.6 Å². The second-order valence-electron chi connectivity index (χ2n) is 6.68.